The first-order valence-electron chi connectivity index (χ1n) is 4.10. The van der Waals surface area contributed by atoms with Crippen molar-refractivity contribution in [3.63, 3.8) is 0 Å². The lowest BCUT2D eigenvalue weighted by Crippen LogP contribution is -2.44. The van der Waals surface area contributed by atoms with Crippen LogP contribution >= 0.6 is 0 Å². The van der Waals surface area contributed by atoms with Gasteiger partial charge in [0.2, 0.25) is 11.8 Å². The van der Waals surface area contributed by atoms with Gasteiger partial charge in [-0.05, 0) is 6.92 Å². The van der Waals surface area contributed by atoms with Crippen molar-refractivity contribution >= 4 is 21.7 Å². The van der Waals surface area contributed by atoms with E-state index in [9.17, 15) is 18.0 Å². The zero-order valence-corrected chi connectivity index (χ0v) is 9.24. The maximum absolute atomic E-state index is 11.2. The standard InChI is InChI=1S/C7H14N2O5S/c1-4(15(2,13)14)7(12)9-3-5(10)6(8)11/h4-5,10H,3H2,1-2H3,(H2,8,11)(H,9,12). The summed E-state index contributed by atoms with van der Waals surface area (Å²) in [6, 6.07) is 0. The van der Waals surface area contributed by atoms with E-state index < -0.39 is 39.6 Å². The molecule has 0 bridgehead atoms. The molecule has 0 heterocycles. The highest BCUT2D eigenvalue weighted by atomic mass is 32.2. The Morgan fingerprint density at radius 2 is 1.93 bits per heavy atom. The van der Waals surface area contributed by atoms with Gasteiger partial charge in [0.15, 0.2) is 9.84 Å². The van der Waals surface area contributed by atoms with Gasteiger partial charge in [-0.1, -0.05) is 0 Å². The summed E-state index contributed by atoms with van der Waals surface area (Å²) in [6.07, 6.45) is -0.595. The van der Waals surface area contributed by atoms with Crippen LogP contribution in [0.5, 0.6) is 0 Å². The largest absolute Gasteiger partial charge is 0.381 e. The van der Waals surface area contributed by atoms with Crippen molar-refractivity contribution in [2.45, 2.75) is 18.3 Å². The van der Waals surface area contributed by atoms with E-state index in [4.69, 9.17) is 10.8 Å². The van der Waals surface area contributed by atoms with Gasteiger partial charge in [-0.25, -0.2) is 8.42 Å². The topological polar surface area (TPSA) is 127 Å². The molecule has 0 spiro atoms. The lowest BCUT2D eigenvalue weighted by Gasteiger charge is -2.12. The van der Waals surface area contributed by atoms with E-state index in [1.807, 2.05) is 0 Å². The maximum atomic E-state index is 11.2. The minimum Gasteiger partial charge on any atom is -0.381 e. The van der Waals surface area contributed by atoms with Gasteiger partial charge in [0.05, 0.1) is 6.54 Å². The van der Waals surface area contributed by atoms with Gasteiger partial charge in [0, 0.05) is 6.26 Å². The van der Waals surface area contributed by atoms with Crippen molar-refractivity contribution in [1.82, 2.24) is 5.32 Å². The number of sulfone groups is 1. The second kappa shape index (κ2) is 5.08. The number of hydrogen-bond acceptors (Lipinski definition) is 5. The van der Waals surface area contributed by atoms with Crippen LogP contribution < -0.4 is 11.1 Å². The van der Waals surface area contributed by atoms with E-state index in [2.05, 4.69) is 5.32 Å². The lowest BCUT2D eigenvalue weighted by atomic mass is 10.3. The van der Waals surface area contributed by atoms with Crippen molar-refractivity contribution in [2.75, 3.05) is 12.8 Å². The average molecular weight is 238 g/mol. The zero-order chi connectivity index (χ0) is 12.2. The van der Waals surface area contributed by atoms with Crippen LogP contribution in [0, 0.1) is 0 Å². The Labute approximate surface area is 87.6 Å². The molecule has 2 amide bonds. The summed E-state index contributed by atoms with van der Waals surface area (Å²) in [4.78, 5) is 21.5. The second-order valence-corrected chi connectivity index (χ2v) is 5.50. The summed E-state index contributed by atoms with van der Waals surface area (Å²) in [5, 5.41) is 9.80. The number of hydrogen-bond donors (Lipinski definition) is 3. The van der Waals surface area contributed by atoms with Gasteiger partial charge in [-0.2, -0.15) is 0 Å². The van der Waals surface area contributed by atoms with Crippen LogP contribution in [0.2, 0.25) is 0 Å². The molecule has 2 unspecified atom stereocenters. The maximum Gasteiger partial charge on any atom is 0.248 e. The molecule has 0 aliphatic heterocycles. The molecule has 0 saturated heterocycles. The Kier molecular flexibility index (Phi) is 4.69. The molecule has 0 aliphatic rings. The molecule has 0 saturated carbocycles. The first kappa shape index (κ1) is 13.8. The molecule has 0 fully saturated rings. The van der Waals surface area contributed by atoms with Gasteiger partial charge in [-0.15, -0.1) is 0 Å². The van der Waals surface area contributed by atoms with Crippen molar-refractivity contribution in [2.24, 2.45) is 5.73 Å². The number of carbonyl (C=O) groups is 2. The van der Waals surface area contributed by atoms with Crippen LogP contribution in [0.3, 0.4) is 0 Å². The summed E-state index contributed by atoms with van der Waals surface area (Å²) in [5.41, 5.74) is 4.73. The molecule has 0 radical (unpaired) electrons. The number of aliphatic hydroxyl groups excluding tert-OH is 1. The molecule has 8 heteroatoms. The third-order valence-electron chi connectivity index (χ3n) is 1.81. The summed E-state index contributed by atoms with van der Waals surface area (Å²) < 4.78 is 21.9. The number of nitrogens with two attached hydrogens (primary N) is 1. The van der Waals surface area contributed by atoms with E-state index in [1.165, 1.54) is 6.92 Å². The molecule has 2 atom stereocenters. The van der Waals surface area contributed by atoms with Crippen LogP contribution in [-0.2, 0) is 19.4 Å². The number of rotatable bonds is 5. The van der Waals surface area contributed by atoms with Crippen LogP contribution in [0.1, 0.15) is 6.92 Å². The van der Waals surface area contributed by atoms with Crippen LogP contribution in [0.4, 0.5) is 0 Å². The van der Waals surface area contributed by atoms with Crippen LogP contribution in [0.15, 0.2) is 0 Å². The SMILES string of the molecule is CC(C(=O)NCC(O)C(N)=O)S(C)(=O)=O. The van der Waals surface area contributed by atoms with E-state index in [1.54, 1.807) is 0 Å². The summed E-state index contributed by atoms with van der Waals surface area (Å²) >= 11 is 0. The second-order valence-electron chi connectivity index (χ2n) is 3.14. The molecule has 0 aromatic carbocycles. The fraction of sp³-hybridized carbons (Fsp3) is 0.714. The highest BCUT2D eigenvalue weighted by Crippen LogP contribution is 1.97. The molecule has 7 nitrogen and oxygen atoms in total. The molecule has 0 aromatic rings. The number of amides is 2. The van der Waals surface area contributed by atoms with Gasteiger partial charge in [0.1, 0.15) is 11.4 Å². The fourth-order valence-corrected chi connectivity index (χ4v) is 1.11. The number of primary amides is 1. The van der Waals surface area contributed by atoms with Crippen molar-refractivity contribution in [3.05, 3.63) is 0 Å². The van der Waals surface area contributed by atoms with Crippen molar-refractivity contribution < 1.29 is 23.1 Å². The number of carbonyl (C=O) groups excluding carboxylic acids is 2. The molecular formula is C7H14N2O5S. The van der Waals surface area contributed by atoms with Gasteiger partial charge in [0.25, 0.3) is 0 Å². The predicted octanol–water partition coefficient (Wildman–Crippen LogP) is -2.62. The molecule has 0 rings (SSSR count). The normalized spacial score (nSPS) is 15.4. The molecule has 88 valence electrons. The lowest BCUT2D eigenvalue weighted by molar-refractivity contribution is -0.126. The average Bonchev–Trinajstić information content (AvgIpc) is 2.10. The Bertz CT molecular complexity index is 350. The first-order valence-corrected chi connectivity index (χ1v) is 6.05. The van der Waals surface area contributed by atoms with E-state index in [0.29, 0.717) is 0 Å². The zero-order valence-electron chi connectivity index (χ0n) is 8.43. The van der Waals surface area contributed by atoms with Gasteiger partial charge < -0.3 is 16.2 Å². The number of aliphatic hydroxyl groups is 1. The monoisotopic (exact) mass is 238 g/mol. The van der Waals surface area contributed by atoms with Crippen molar-refractivity contribution in [1.29, 1.82) is 0 Å². The minimum absolute atomic E-state index is 0.395. The third kappa shape index (κ3) is 4.75. The molecule has 0 aliphatic carbocycles. The first-order chi connectivity index (χ1) is 6.66. The smallest absolute Gasteiger partial charge is 0.248 e. The summed E-state index contributed by atoms with van der Waals surface area (Å²) in [6.45, 7) is 0.815. The highest BCUT2D eigenvalue weighted by Gasteiger charge is 2.24. The summed E-state index contributed by atoms with van der Waals surface area (Å²) in [5.74, 6) is -1.76. The molecule has 15 heavy (non-hydrogen) atoms. The molecule has 4 N–H and O–H groups in total. The van der Waals surface area contributed by atoms with E-state index >= 15 is 0 Å². The van der Waals surface area contributed by atoms with Gasteiger partial charge >= 0.3 is 0 Å². The van der Waals surface area contributed by atoms with Gasteiger partial charge in [-0.3, -0.25) is 9.59 Å². The molecular weight excluding hydrogens is 224 g/mol. The van der Waals surface area contributed by atoms with E-state index in [-0.39, 0.29) is 0 Å². The van der Waals surface area contributed by atoms with E-state index in [0.717, 1.165) is 6.26 Å². The Hall–Kier alpha value is -1.15. The fourth-order valence-electron chi connectivity index (χ4n) is 0.636. The van der Waals surface area contributed by atoms with Crippen LogP contribution in [-0.4, -0.2) is 49.5 Å². The highest BCUT2D eigenvalue weighted by molar-refractivity contribution is 7.92. The Balaban J connectivity index is 4.23. The quantitative estimate of drug-likeness (QED) is 0.483. The third-order valence-corrected chi connectivity index (χ3v) is 3.31. The number of nitrogens with one attached hydrogen (secondary N) is 1. The van der Waals surface area contributed by atoms with Crippen molar-refractivity contribution in [3.8, 4) is 0 Å². The Morgan fingerprint density at radius 3 is 2.27 bits per heavy atom. The predicted molar refractivity (Wildman–Crippen MR) is 52.5 cm³/mol. The Morgan fingerprint density at radius 1 is 1.47 bits per heavy atom. The minimum atomic E-state index is -3.48. The summed E-state index contributed by atoms with van der Waals surface area (Å²) in [7, 11) is -3.48. The molecule has 0 aromatic heterocycles. The van der Waals surface area contributed by atoms with Crippen LogP contribution in [0.25, 0.3) is 0 Å².